The summed E-state index contributed by atoms with van der Waals surface area (Å²) in [6, 6.07) is 20.6. The molecule has 2 amide bonds. The number of amides is 2. The van der Waals surface area contributed by atoms with E-state index in [4.69, 9.17) is 16.3 Å². The predicted molar refractivity (Wildman–Crippen MR) is 128 cm³/mol. The smallest absolute Gasteiger partial charge is 0.251 e. The number of benzene rings is 3. The number of phenols is 1. The number of hydrogen-bond acceptors (Lipinski definition) is 5. The van der Waals surface area contributed by atoms with Gasteiger partial charge < -0.3 is 15.2 Å². The lowest BCUT2D eigenvalue weighted by Crippen LogP contribution is -2.32. The molecule has 33 heavy (non-hydrogen) atoms. The van der Waals surface area contributed by atoms with E-state index < -0.39 is 6.04 Å². The van der Waals surface area contributed by atoms with E-state index in [0.717, 1.165) is 5.56 Å². The van der Waals surface area contributed by atoms with Gasteiger partial charge in [-0.3, -0.25) is 9.59 Å². The number of hydrazone groups is 1. The van der Waals surface area contributed by atoms with Gasteiger partial charge in [0.05, 0.1) is 30.3 Å². The number of carbonyl (C=O) groups excluding carboxylic acids is 2. The van der Waals surface area contributed by atoms with Gasteiger partial charge in [-0.25, -0.2) is 5.43 Å². The van der Waals surface area contributed by atoms with Crippen LogP contribution in [0, 0.1) is 0 Å². The van der Waals surface area contributed by atoms with Crippen LogP contribution in [0.2, 0.25) is 5.02 Å². The van der Waals surface area contributed by atoms with Gasteiger partial charge in [-0.2, -0.15) is 5.10 Å². The lowest BCUT2D eigenvalue weighted by molar-refractivity contribution is -0.121. The monoisotopic (exact) mass is 465 g/mol. The molecule has 0 bridgehead atoms. The van der Waals surface area contributed by atoms with Gasteiger partial charge in [-0.05, 0) is 42.3 Å². The second-order valence-corrected chi connectivity index (χ2v) is 7.49. The van der Waals surface area contributed by atoms with Crippen LogP contribution in [0.4, 0.5) is 0 Å². The Kier molecular flexibility index (Phi) is 8.43. The van der Waals surface area contributed by atoms with Crippen molar-refractivity contribution in [2.75, 3.05) is 6.61 Å². The molecule has 0 unspecified atom stereocenters. The molecule has 0 aliphatic heterocycles. The van der Waals surface area contributed by atoms with Crippen molar-refractivity contribution in [3.8, 4) is 11.5 Å². The van der Waals surface area contributed by atoms with Crippen LogP contribution >= 0.6 is 11.6 Å². The summed E-state index contributed by atoms with van der Waals surface area (Å²) in [5.41, 5.74) is 4.31. The molecule has 0 spiro atoms. The summed E-state index contributed by atoms with van der Waals surface area (Å²) < 4.78 is 5.34. The number of hydrogen-bond donors (Lipinski definition) is 3. The number of halogens is 1. The molecule has 0 aliphatic carbocycles. The Bertz CT molecular complexity index is 1120. The quantitative estimate of drug-likeness (QED) is 0.321. The highest BCUT2D eigenvalue weighted by molar-refractivity contribution is 6.32. The second kappa shape index (κ2) is 11.7. The summed E-state index contributed by atoms with van der Waals surface area (Å²) >= 11 is 6.01. The molecule has 0 aromatic heterocycles. The fourth-order valence-electron chi connectivity index (χ4n) is 3.11. The highest BCUT2D eigenvalue weighted by atomic mass is 35.5. The molecule has 0 aliphatic rings. The van der Waals surface area contributed by atoms with E-state index in [2.05, 4.69) is 15.8 Å². The van der Waals surface area contributed by atoms with E-state index in [-0.39, 0.29) is 34.8 Å². The lowest BCUT2D eigenvalue weighted by Gasteiger charge is -2.18. The van der Waals surface area contributed by atoms with Crippen molar-refractivity contribution in [1.82, 2.24) is 10.7 Å². The molecule has 7 nitrogen and oxygen atoms in total. The minimum atomic E-state index is -0.540. The van der Waals surface area contributed by atoms with Gasteiger partial charge in [0, 0.05) is 5.56 Å². The van der Waals surface area contributed by atoms with Crippen molar-refractivity contribution in [1.29, 1.82) is 0 Å². The fourth-order valence-corrected chi connectivity index (χ4v) is 3.33. The van der Waals surface area contributed by atoms with E-state index in [9.17, 15) is 14.7 Å². The van der Waals surface area contributed by atoms with E-state index in [1.807, 2.05) is 36.4 Å². The zero-order valence-corrected chi connectivity index (χ0v) is 18.8. The van der Waals surface area contributed by atoms with Crippen LogP contribution in [-0.2, 0) is 4.79 Å². The number of nitrogens with one attached hydrogen (secondary N) is 2. The van der Waals surface area contributed by atoms with Gasteiger partial charge in [-0.15, -0.1) is 0 Å². The minimum absolute atomic E-state index is 0.0134. The third-order valence-electron chi connectivity index (χ3n) is 4.69. The van der Waals surface area contributed by atoms with E-state index in [0.29, 0.717) is 17.7 Å². The minimum Gasteiger partial charge on any atom is -0.503 e. The number of carbonyl (C=O) groups is 2. The molecular weight excluding hydrogens is 442 g/mol. The highest BCUT2D eigenvalue weighted by Crippen LogP contribution is 2.34. The van der Waals surface area contributed by atoms with Crippen LogP contribution in [-0.4, -0.2) is 29.7 Å². The SMILES string of the molecule is CCOc1cc(/C=N\NC(=O)C[C@@H](NC(=O)c2ccccc2)c2ccccc2)cc(Cl)c1O. The van der Waals surface area contributed by atoms with Crippen LogP contribution in [0.1, 0.15) is 40.9 Å². The standard InChI is InChI=1S/C25H24ClN3O4/c1-2-33-22-14-17(13-20(26)24(22)31)16-27-29-23(30)15-21(18-9-5-3-6-10-18)28-25(32)19-11-7-4-8-12-19/h3-14,16,21,31H,2,15H2,1H3,(H,28,32)(H,29,30)/b27-16-/t21-/m1/s1. The Morgan fingerprint density at radius 3 is 2.42 bits per heavy atom. The number of ether oxygens (including phenoxy) is 1. The van der Waals surface area contributed by atoms with Gasteiger partial charge in [0.1, 0.15) is 0 Å². The molecule has 0 saturated carbocycles. The summed E-state index contributed by atoms with van der Waals surface area (Å²) in [6.07, 6.45) is 1.38. The van der Waals surface area contributed by atoms with E-state index in [1.165, 1.54) is 12.3 Å². The van der Waals surface area contributed by atoms with Crippen molar-refractivity contribution >= 4 is 29.6 Å². The normalized spacial score (nSPS) is 11.7. The summed E-state index contributed by atoms with van der Waals surface area (Å²) in [5.74, 6) is -0.587. The maximum atomic E-state index is 12.6. The zero-order valence-electron chi connectivity index (χ0n) is 18.0. The number of rotatable bonds is 9. The summed E-state index contributed by atoms with van der Waals surface area (Å²) in [4.78, 5) is 25.2. The highest BCUT2D eigenvalue weighted by Gasteiger charge is 2.19. The van der Waals surface area contributed by atoms with E-state index >= 15 is 0 Å². The fraction of sp³-hybridized carbons (Fsp3) is 0.160. The average Bonchev–Trinajstić information content (AvgIpc) is 2.83. The molecule has 0 heterocycles. The average molecular weight is 466 g/mol. The van der Waals surface area contributed by atoms with Crippen molar-refractivity contribution in [2.45, 2.75) is 19.4 Å². The van der Waals surface area contributed by atoms with Gasteiger partial charge in [0.2, 0.25) is 5.91 Å². The number of phenolic OH excluding ortho intramolecular Hbond substituents is 1. The van der Waals surface area contributed by atoms with Crippen molar-refractivity contribution in [2.24, 2.45) is 5.10 Å². The van der Waals surface area contributed by atoms with Crippen LogP contribution in [0.15, 0.2) is 77.9 Å². The molecular formula is C25H24ClN3O4. The second-order valence-electron chi connectivity index (χ2n) is 7.08. The summed E-state index contributed by atoms with van der Waals surface area (Å²) in [7, 11) is 0. The molecule has 0 fully saturated rings. The molecule has 1 atom stereocenters. The molecule has 0 radical (unpaired) electrons. The van der Waals surface area contributed by atoms with Crippen LogP contribution < -0.4 is 15.5 Å². The Hall–Kier alpha value is -3.84. The van der Waals surface area contributed by atoms with Crippen LogP contribution in [0.25, 0.3) is 0 Å². The molecule has 3 aromatic carbocycles. The largest absolute Gasteiger partial charge is 0.503 e. The number of aromatic hydroxyl groups is 1. The third-order valence-corrected chi connectivity index (χ3v) is 4.97. The molecule has 8 heteroatoms. The van der Waals surface area contributed by atoms with Gasteiger partial charge >= 0.3 is 0 Å². The van der Waals surface area contributed by atoms with Gasteiger partial charge in [0.15, 0.2) is 11.5 Å². The van der Waals surface area contributed by atoms with Gasteiger partial charge in [-0.1, -0.05) is 60.1 Å². The molecule has 3 aromatic rings. The van der Waals surface area contributed by atoms with Gasteiger partial charge in [0.25, 0.3) is 5.91 Å². The Morgan fingerprint density at radius 2 is 1.76 bits per heavy atom. The first kappa shape index (κ1) is 23.8. The van der Waals surface area contributed by atoms with Crippen LogP contribution in [0.3, 0.4) is 0 Å². The third kappa shape index (κ3) is 6.82. The maximum absolute atomic E-state index is 12.6. The Morgan fingerprint density at radius 1 is 1.09 bits per heavy atom. The van der Waals surface area contributed by atoms with Crippen LogP contribution in [0.5, 0.6) is 11.5 Å². The number of nitrogens with zero attached hydrogens (tertiary/aromatic N) is 1. The van der Waals surface area contributed by atoms with Crippen molar-refractivity contribution < 1.29 is 19.4 Å². The maximum Gasteiger partial charge on any atom is 0.251 e. The molecule has 170 valence electrons. The predicted octanol–water partition coefficient (Wildman–Crippen LogP) is 4.46. The van der Waals surface area contributed by atoms with Crippen molar-refractivity contribution in [3.63, 3.8) is 0 Å². The van der Waals surface area contributed by atoms with Crippen molar-refractivity contribution in [3.05, 3.63) is 94.5 Å². The Balaban J connectivity index is 1.68. The lowest BCUT2D eigenvalue weighted by atomic mass is 10.0. The molecule has 0 saturated heterocycles. The molecule has 3 N–H and O–H groups in total. The zero-order chi connectivity index (χ0) is 23.6. The molecule has 3 rings (SSSR count). The summed E-state index contributed by atoms with van der Waals surface area (Å²) in [6.45, 7) is 2.14. The first-order valence-corrected chi connectivity index (χ1v) is 10.7. The summed E-state index contributed by atoms with van der Waals surface area (Å²) in [5, 5.41) is 16.9. The first-order chi connectivity index (χ1) is 16.0. The van der Waals surface area contributed by atoms with E-state index in [1.54, 1.807) is 37.3 Å². The first-order valence-electron chi connectivity index (χ1n) is 10.4. The Labute approximate surface area is 197 Å². The topological polar surface area (TPSA) is 100 Å².